The molecule has 132 valence electrons. The number of carbonyl (C=O) groups excluding carboxylic acids is 1. The summed E-state index contributed by atoms with van der Waals surface area (Å²) in [5.41, 5.74) is 1.83. The van der Waals surface area contributed by atoms with E-state index in [4.69, 9.17) is 14.2 Å². The number of ether oxygens (including phenoxy) is 3. The zero-order chi connectivity index (χ0) is 18.0. The second-order valence-corrected chi connectivity index (χ2v) is 6.64. The van der Waals surface area contributed by atoms with Crippen LogP contribution in [0, 0.1) is 6.92 Å². The summed E-state index contributed by atoms with van der Waals surface area (Å²) >= 11 is 0. The third-order valence-corrected chi connectivity index (χ3v) is 4.43. The van der Waals surface area contributed by atoms with Crippen molar-refractivity contribution in [1.29, 1.82) is 0 Å². The maximum Gasteiger partial charge on any atom is 0.234 e. The van der Waals surface area contributed by atoms with Crippen molar-refractivity contribution in [1.82, 2.24) is 0 Å². The Hall–Kier alpha value is -2.69. The molecule has 1 heterocycles. The predicted molar refractivity (Wildman–Crippen MR) is 96.8 cm³/mol. The lowest BCUT2D eigenvalue weighted by molar-refractivity contribution is -0.120. The minimum atomic E-state index is -0.745. The second-order valence-electron chi connectivity index (χ2n) is 6.64. The monoisotopic (exact) mass is 341 g/mol. The zero-order valence-electron chi connectivity index (χ0n) is 15.0. The van der Waals surface area contributed by atoms with Crippen molar-refractivity contribution >= 4 is 11.6 Å². The second kappa shape index (κ2) is 6.67. The fourth-order valence-corrected chi connectivity index (χ4v) is 2.76. The summed E-state index contributed by atoms with van der Waals surface area (Å²) in [6.07, 6.45) is 0. The fraction of sp³-hybridized carbons (Fsp3) is 0.350. The Morgan fingerprint density at radius 1 is 1.08 bits per heavy atom. The van der Waals surface area contributed by atoms with E-state index in [9.17, 15) is 4.79 Å². The van der Waals surface area contributed by atoms with Crippen molar-refractivity contribution in [2.45, 2.75) is 26.2 Å². The van der Waals surface area contributed by atoms with E-state index in [0.29, 0.717) is 36.1 Å². The highest BCUT2D eigenvalue weighted by Gasteiger charge is 2.31. The molecule has 0 spiro atoms. The molecule has 0 aromatic heterocycles. The molecule has 0 aliphatic carbocycles. The van der Waals surface area contributed by atoms with E-state index in [0.717, 1.165) is 11.1 Å². The Morgan fingerprint density at radius 3 is 2.52 bits per heavy atom. The summed E-state index contributed by atoms with van der Waals surface area (Å²) in [4.78, 5) is 12.9. The first-order valence-corrected chi connectivity index (χ1v) is 8.28. The van der Waals surface area contributed by atoms with Crippen LogP contribution in [0.2, 0.25) is 0 Å². The maximum absolute atomic E-state index is 12.9. The number of methoxy groups -OCH3 is 1. The molecule has 3 rings (SSSR count). The number of carbonyl (C=O) groups is 1. The Bertz CT molecular complexity index is 798. The highest BCUT2D eigenvalue weighted by atomic mass is 16.6. The van der Waals surface area contributed by atoms with Crippen LogP contribution in [0.15, 0.2) is 36.4 Å². The Morgan fingerprint density at radius 2 is 1.80 bits per heavy atom. The van der Waals surface area contributed by atoms with Gasteiger partial charge in [0.05, 0.1) is 18.2 Å². The van der Waals surface area contributed by atoms with Crippen LogP contribution in [0.3, 0.4) is 0 Å². The van der Waals surface area contributed by atoms with E-state index in [1.807, 2.05) is 57.2 Å². The molecule has 0 bridgehead atoms. The average molecular weight is 341 g/mol. The van der Waals surface area contributed by atoms with Crippen molar-refractivity contribution in [3.8, 4) is 17.2 Å². The van der Waals surface area contributed by atoms with E-state index in [-0.39, 0.29) is 5.91 Å². The van der Waals surface area contributed by atoms with Crippen LogP contribution in [-0.4, -0.2) is 26.2 Å². The zero-order valence-corrected chi connectivity index (χ0v) is 15.0. The van der Waals surface area contributed by atoms with Gasteiger partial charge in [-0.2, -0.15) is 0 Å². The van der Waals surface area contributed by atoms with E-state index < -0.39 is 5.41 Å². The number of amides is 1. The van der Waals surface area contributed by atoms with Gasteiger partial charge in [0, 0.05) is 0 Å². The van der Waals surface area contributed by atoms with Gasteiger partial charge in [-0.15, -0.1) is 0 Å². The first-order valence-electron chi connectivity index (χ1n) is 8.28. The predicted octanol–water partition coefficient (Wildman–Crippen LogP) is 3.69. The van der Waals surface area contributed by atoms with Gasteiger partial charge in [0.2, 0.25) is 5.91 Å². The van der Waals surface area contributed by atoms with E-state index >= 15 is 0 Å². The molecule has 0 fully saturated rings. The van der Waals surface area contributed by atoms with E-state index in [2.05, 4.69) is 5.32 Å². The molecule has 5 nitrogen and oxygen atoms in total. The number of rotatable bonds is 4. The molecule has 1 aliphatic rings. The molecule has 1 amide bonds. The number of anilines is 1. The van der Waals surface area contributed by atoms with Crippen LogP contribution in [-0.2, 0) is 10.2 Å². The van der Waals surface area contributed by atoms with Gasteiger partial charge in [0.25, 0.3) is 0 Å². The van der Waals surface area contributed by atoms with Crippen LogP contribution in [0.25, 0.3) is 0 Å². The van der Waals surface area contributed by atoms with Gasteiger partial charge in [-0.05, 0) is 56.2 Å². The lowest BCUT2D eigenvalue weighted by Crippen LogP contribution is -2.35. The molecule has 0 radical (unpaired) electrons. The molecule has 1 N–H and O–H groups in total. The quantitative estimate of drug-likeness (QED) is 0.921. The van der Waals surface area contributed by atoms with Crippen molar-refractivity contribution in [3.05, 3.63) is 47.5 Å². The standard InChI is InChI=1S/C20H23NO4/c1-13-5-7-16(23-4)15(11-13)21-19(22)20(2,3)14-6-8-17-18(12-14)25-10-9-24-17/h5-8,11-12H,9-10H2,1-4H3,(H,21,22). The number of fused-ring (bicyclic) bond motifs is 1. The van der Waals surface area contributed by atoms with Gasteiger partial charge in [0.15, 0.2) is 11.5 Å². The normalized spacial score (nSPS) is 13.3. The highest BCUT2D eigenvalue weighted by Crippen LogP contribution is 2.36. The number of hydrogen-bond acceptors (Lipinski definition) is 4. The summed E-state index contributed by atoms with van der Waals surface area (Å²) in [5, 5.41) is 2.99. The third kappa shape index (κ3) is 3.40. The van der Waals surface area contributed by atoms with Gasteiger partial charge in [-0.25, -0.2) is 0 Å². The maximum atomic E-state index is 12.9. The summed E-state index contributed by atoms with van der Waals surface area (Å²) in [5.74, 6) is 1.91. The SMILES string of the molecule is COc1ccc(C)cc1NC(=O)C(C)(C)c1ccc2c(c1)OCCO2. The molecule has 0 saturated heterocycles. The van der Waals surface area contributed by atoms with Gasteiger partial charge in [0.1, 0.15) is 19.0 Å². The molecule has 2 aromatic rings. The minimum Gasteiger partial charge on any atom is -0.495 e. The summed E-state index contributed by atoms with van der Waals surface area (Å²) < 4.78 is 16.5. The van der Waals surface area contributed by atoms with Crippen molar-refractivity contribution in [2.24, 2.45) is 0 Å². The molecule has 5 heteroatoms. The third-order valence-electron chi connectivity index (χ3n) is 4.43. The average Bonchev–Trinajstić information content (AvgIpc) is 2.61. The first-order chi connectivity index (χ1) is 11.9. The molecule has 0 unspecified atom stereocenters. The molecular formula is C20H23NO4. The molecule has 0 saturated carbocycles. The van der Waals surface area contributed by atoms with Crippen LogP contribution in [0.1, 0.15) is 25.0 Å². The Labute approximate surface area is 147 Å². The van der Waals surface area contributed by atoms with Crippen molar-refractivity contribution < 1.29 is 19.0 Å². The number of aryl methyl sites for hydroxylation is 1. The lowest BCUT2D eigenvalue weighted by atomic mass is 9.83. The summed E-state index contributed by atoms with van der Waals surface area (Å²) in [6, 6.07) is 11.3. The number of nitrogens with one attached hydrogen (secondary N) is 1. The van der Waals surface area contributed by atoms with Crippen molar-refractivity contribution in [2.75, 3.05) is 25.6 Å². The highest BCUT2D eigenvalue weighted by molar-refractivity contribution is 5.99. The first kappa shape index (κ1) is 17.1. The van der Waals surface area contributed by atoms with Gasteiger partial charge in [-0.1, -0.05) is 12.1 Å². The molecular weight excluding hydrogens is 318 g/mol. The van der Waals surface area contributed by atoms with Crippen LogP contribution in [0.4, 0.5) is 5.69 Å². The van der Waals surface area contributed by atoms with Crippen molar-refractivity contribution in [3.63, 3.8) is 0 Å². The van der Waals surface area contributed by atoms with Gasteiger partial charge < -0.3 is 19.5 Å². The molecule has 0 atom stereocenters. The van der Waals surface area contributed by atoms with E-state index in [1.165, 1.54) is 0 Å². The lowest BCUT2D eigenvalue weighted by Gasteiger charge is -2.27. The van der Waals surface area contributed by atoms with E-state index in [1.54, 1.807) is 7.11 Å². The number of benzene rings is 2. The van der Waals surface area contributed by atoms with Crippen LogP contribution < -0.4 is 19.5 Å². The minimum absolute atomic E-state index is 0.118. The molecule has 2 aromatic carbocycles. The van der Waals surface area contributed by atoms with Crippen LogP contribution >= 0.6 is 0 Å². The Kier molecular flexibility index (Phi) is 4.57. The summed E-state index contributed by atoms with van der Waals surface area (Å²) in [7, 11) is 1.59. The van der Waals surface area contributed by atoms with Crippen LogP contribution in [0.5, 0.6) is 17.2 Å². The number of hydrogen-bond donors (Lipinski definition) is 1. The Balaban J connectivity index is 1.87. The van der Waals surface area contributed by atoms with Gasteiger partial charge >= 0.3 is 0 Å². The topological polar surface area (TPSA) is 56.8 Å². The fourth-order valence-electron chi connectivity index (χ4n) is 2.76. The largest absolute Gasteiger partial charge is 0.495 e. The summed E-state index contributed by atoms with van der Waals surface area (Å²) in [6.45, 7) is 6.81. The smallest absolute Gasteiger partial charge is 0.234 e. The molecule has 1 aliphatic heterocycles. The van der Waals surface area contributed by atoms with Gasteiger partial charge in [-0.3, -0.25) is 4.79 Å². The molecule has 25 heavy (non-hydrogen) atoms.